The minimum absolute atomic E-state index is 0.426. The van der Waals surface area contributed by atoms with E-state index in [1.165, 1.54) is 6.42 Å². The Hall–Kier alpha value is 0.394. The fourth-order valence-electron chi connectivity index (χ4n) is 1.61. The van der Waals surface area contributed by atoms with Gasteiger partial charge >= 0.3 is 0 Å². The van der Waals surface area contributed by atoms with Crippen molar-refractivity contribution in [2.45, 2.75) is 65.3 Å². The molecule has 2 atom stereocenters. The first-order chi connectivity index (χ1) is 6.11. The molecule has 0 heterocycles. The highest BCUT2D eigenvalue weighted by atomic mass is 28.4. The monoisotopic (exact) mass is 232 g/mol. The quantitative estimate of drug-likeness (QED) is 0.651. The molecule has 0 aliphatic rings. The second-order valence-electron chi connectivity index (χ2n) is 6.00. The Morgan fingerprint density at radius 2 is 1.71 bits per heavy atom. The van der Waals surface area contributed by atoms with Crippen LogP contribution in [0.5, 0.6) is 0 Å². The lowest BCUT2D eigenvalue weighted by Crippen LogP contribution is -2.41. The number of hydrogen-bond donors (Lipinski definition) is 0. The van der Waals surface area contributed by atoms with Crippen LogP contribution in [0.4, 0.5) is 0 Å². The zero-order valence-electron chi connectivity index (χ0n) is 11.3. The molecule has 1 unspecified atom stereocenters. The Labute approximate surface area is 93.1 Å². The normalized spacial score (nSPS) is 18.0. The van der Waals surface area contributed by atoms with E-state index in [9.17, 15) is 0 Å². The van der Waals surface area contributed by atoms with Crippen molar-refractivity contribution in [3.63, 3.8) is 0 Å². The van der Waals surface area contributed by atoms with E-state index in [4.69, 9.17) is 4.12 Å². The Balaban J connectivity index is 4.43. The van der Waals surface area contributed by atoms with Crippen LogP contribution in [0.15, 0.2) is 0 Å². The summed E-state index contributed by atoms with van der Waals surface area (Å²) in [5.41, 5.74) is 0. The van der Waals surface area contributed by atoms with Gasteiger partial charge in [-0.1, -0.05) is 34.1 Å². The van der Waals surface area contributed by atoms with Crippen molar-refractivity contribution < 1.29 is 4.12 Å². The van der Waals surface area contributed by atoms with E-state index in [-0.39, 0.29) is 0 Å². The van der Waals surface area contributed by atoms with Gasteiger partial charge in [0.15, 0.2) is 17.4 Å². The van der Waals surface area contributed by atoms with E-state index in [0.29, 0.717) is 5.04 Å². The molecule has 0 spiro atoms. The van der Waals surface area contributed by atoms with Crippen LogP contribution >= 0.6 is 0 Å². The molecular weight excluding hydrogens is 204 g/mol. The molecule has 0 bridgehead atoms. The molecule has 0 saturated carbocycles. The summed E-state index contributed by atoms with van der Waals surface area (Å²) in [6, 6.07) is 0. The largest absolute Gasteiger partial charge is 0.458 e. The predicted molar refractivity (Wildman–Crippen MR) is 70.9 cm³/mol. The summed E-state index contributed by atoms with van der Waals surface area (Å²) < 4.78 is 6.30. The zero-order valence-corrected chi connectivity index (χ0v) is 13.4. The summed E-state index contributed by atoms with van der Waals surface area (Å²) in [6.45, 7) is 18.7. The maximum absolute atomic E-state index is 6.30. The Morgan fingerprint density at radius 3 is 2.00 bits per heavy atom. The topological polar surface area (TPSA) is 9.23 Å². The summed E-state index contributed by atoms with van der Waals surface area (Å²) in [5, 5.41) is 0.426. The molecule has 1 nitrogen and oxygen atoms in total. The second-order valence-corrected chi connectivity index (χ2v) is 13.9. The minimum Gasteiger partial charge on any atom is -0.458 e. The first kappa shape index (κ1) is 14.4. The van der Waals surface area contributed by atoms with Crippen molar-refractivity contribution in [2.75, 3.05) is 0 Å². The van der Waals surface area contributed by atoms with Crippen LogP contribution in [0.1, 0.15) is 34.1 Å². The molecule has 0 rings (SSSR count). The van der Waals surface area contributed by atoms with Gasteiger partial charge in [0.05, 0.1) is 0 Å². The SMILES string of the molecule is CC[C@@H](C)C(C)(C)[SiH](C)O[Si](C)(C)C. The number of hydrogen-bond acceptors (Lipinski definition) is 1. The molecule has 0 N–H and O–H groups in total. The molecule has 0 aromatic carbocycles. The molecule has 14 heavy (non-hydrogen) atoms. The fourth-order valence-corrected chi connectivity index (χ4v) is 8.10. The third-order valence-corrected chi connectivity index (χ3v) is 10.4. The van der Waals surface area contributed by atoms with Gasteiger partial charge in [0.2, 0.25) is 0 Å². The van der Waals surface area contributed by atoms with Crippen LogP contribution < -0.4 is 0 Å². The molecule has 3 heteroatoms. The van der Waals surface area contributed by atoms with Crippen molar-refractivity contribution in [3.05, 3.63) is 0 Å². The molecule has 0 fully saturated rings. The lowest BCUT2D eigenvalue weighted by molar-refractivity contribution is 0.378. The fraction of sp³-hybridized carbons (Fsp3) is 1.00. The molecule has 0 aromatic rings. The summed E-state index contributed by atoms with van der Waals surface area (Å²) in [6.07, 6.45) is 1.26. The zero-order chi connectivity index (χ0) is 11.6. The van der Waals surface area contributed by atoms with Gasteiger partial charge in [-0.2, -0.15) is 0 Å². The van der Waals surface area contributed by atoms with Crippen LogP contribution in [0, 0.1) is 5.92 Å². The van der Waals surface area contributed by atoms with E-state index >= 15 is 0 Å². The van der Waals surface area contributed by atoms with Crippen LogP contribution in [0.3, 0.4) is 0 Å². The van der Waals surface area contributed by atoms with Gasteiger partial charge < -0.3 is 4.12 Å². The van der Waals surface area contributed by atoms with Gasteiger partial charge in [-0.3, -0.25) is 0 Å². The molecule has 0 aliphatic carbocycles. The van der Waals surface area contributed by atoms with Crippen molar-refractivity contribution in [2.24, 2.45) is 5.92 Å². The summed E-state index contributed by atoms with van der Waals surface area (Å²) in [5.74, 6) is 0.778. The van der Waals surface area contributed by atoms with Gasteiger partial charge in [-0.15, -0.1) is 0 Å². The molecule has 0 amide bonds. The Bertz CT molecular complexity index is 173. The average molecular weight is 233 g/mol. The van der Waals surface area contributed by atoms with Crippen molar-refractivity contribution >= 4 is 17.4 Å². The van der Waals surface area contributed by atoms with Crippen molar-refractivity contribution in [3.8, 4) is 0 Å². The van der Waals surface area contributed by atoms with Gasteiger partial charge in [0.25, 0.3) is 0 Å². The molecule has 0 radical (unpaired) electrons. The van der Waals surface area contributed by atoms with E-state index in [1.54, 1.807) is 0 Å². The molecule has 0 aromatic heterocycles. The molecule has 0 saturated heterocycles. The maximum Gasteiger partial charge on any atom is 0.170 e. The summed E-state index contributed by atoms with van der Waals surface area (Å²) in [7, 11) is -2.38. The van der Waals surface area contributed by atoms with Gasteiger partial charge in [0.1, 0.15) is 0 Å². The standard InChI is InChI=1S/C11H28OSi2/c1-9-10(2)11(3,4)13(5)12-14(6,7)8/h10,13H,9H2,1-8H3/t10-,13?/m1/s1. The van der Waals surface area contributed by atoms with Crippen molar-refractivity contribution in [1.29, 1.82) is 0 Å². The first-order valence-corrected chi connectivity index (χ1v) is 11.4. The number of rotatable bonds is 5. The van der Waals surface area contributed by atoms with E-state index < -0.39 is 17.4 Å². The van der Waals surface area contributed by atoms with Crippen molar-refractivity contribution in [1.82, 2.24) is 0 Å². The van der Waals surface area contributed by atoms with Gasteiger partial charge in [-0.05, 0) is 37.1 Å². The Kier molecular flexibility index (Phi) is 5.09. The minimum atomic E-state index is -1.33. The van der Waals surface area contributed by atoms with Crippen LogP contribution in [0.2, 0.25) is 31.2 Å². The van der Waals surface area contributed by atoms with E-state index in [1.807, 2.05) is 0 Å². The summed E-state index contributed by atoms with van der Waals surface area (Å²) >= 11 is 0. The second kappa shape index (κ2) is 4.95. The predicted octanol–water partition coefficient (Wildman–Crippen LogP) is 4.02. The van der Waals surface area contributed by atoms with Gasteiger partial charge in [0, 0.05) is 0 Å². The first-order valence-electron chi connectivity index (χ1n) is 5.79. The lowest BCUT2D eigenvalue weighted by atomic mass is 9.94. The summed E-state index contributed by atoms with van der Waals surface area (Å²) in [4.78, 5) is 0. The van der Waals surface area contributed by atoms with E-state index in [0.717, 1.165) is 5.92 Å². The highest BCUT2D eigenvalue weighted by Gasteiger charge is 2.35. The maximum atomic E-state index is 6.30. The highest BCUT2D eigenvalue weighted by Crippen LogP contribution is 2.40. The highest BCUT2D eigenvalue weighted by molar-refractivity contribution is 6.77. The molecule has 0 aliphatic heterocycles. The molecule has 86 valence electrons. The smallest absolute Gasteiger partial charge is 0.170 e. The van der Waals surface area contributed by atoms with E-state index in [2.05, 4.69) is 53.9 Å². The molecular formula is C11H28OSi2. The average Bonchev–Trinajstić information content (AvgIpc) is 1.99. The van der Waals surface area contributed by atoms with Crippen LogP contribution in [0.25, 0.3) is 0 Å². The lowest BCUT2D eigenvalue weighted by Gasteiger charge is -2.39. The van der Waals surface area contributed by atoms with Gasteiger partial charge in [-0.25, -0.2) is 0 Å². The van der Waals surface area contributed by atoms with Crippen LogP contribution in [-0.4, -0.2) is 17.4 Å². The third-order valence-electron chi connectivity index (χ3n) is 3.46. The van der Waals surface area contributed by atoms with Crippen LogP contribution in [-0.2, 0) is 4.12 Å². The Morgan fingerprint density at radius 1 is 1.29 bits per heavy atom. The third kappa shape index (κ3) is 4.28.